The molecule has 30 heavy (non-hydrogen) atoms. The van der Waals surface area contributed by atoms with Crippen molar-refractivity contribution < 1.29 is 28.6 Å². The molecule has 3 aliphatic carbocycles. The molecule has 0 bridgehead atoms. The summed E-state index contributed by atoms with van der Waals surface area (Å²) in [5, 5.41) is 0. The Morgan fingerprint density at radius 1 is 1.03 bits per heavy atom. The normalized spacial score (nSPS) is 44.0. The SMILES string of the molecule is CC(=O)O[C@@H]1C=C2[C@@]3(C)CCCC(C)(C)C3CC[C@@]2(C)[C@@H]2C(=O)OC[C@@]21OC(C)=O. The molecule has 0 aromatic carbocycles. The Bertz CT molecular complexity index is 828. The van der Waals surface area contributed by atoms with E-state index in [4.69, 9.17) is 14.2 Å². The molecule has 0 aromatic heterocycles. The summed E-state index contributed by atoms with van der Waals surface area (Å²) in [7, 11) is 0. The second kappa shape index (κ2) is 6.57. The number of ether oxygens (including phenoxy) is 3. The van der Waals surface area contributed by atoms with E-state index >= 15 is 0 Å². The van der Waals surface area contributed by atoms with Gasteiger partial charge in [0.25, 0.3) is 0 Å². The van der Waals surface area contributed by atoms with Crippen LogP contribution in [0, 0.1) is 28.1 Å². The second-order valence-corrected chi connectivity index (χ2v) is 11.0. The molecule has 1 saturated heterocycles. The van der Waals surface area contributed by atoms with Crippen molar-refractivity contribution in [3.05, 3.63) is 11.6 Å². The third-order valence-corrected chi connectivity index (χ3v) is 8.64. The Hall–Kier alpha value is -1.85. The number of rotatable bonds is 2. The van der Waals surface area contributed by atoms with E-state index in [1.54, 1.807) is 0 Å². The largest absolute Gasteiger partial charge is 0.461 e. The van der Waals surface area contributed by atoms with Gasteiger partial charge >= 0.3 is 17.9 Å². The first kappa shape index (κ1) is 21.4. The maximum absolute atomic E-state index is 13.1. The molecule has 6 atom stereocenters. The highest BCUT2D eigenvalue weighted by molar-refractivity contribution is 5.81. The lowest BCUT2D eigenvalue weighted by Gasteiger charge is -2.63. The lowest BCUT2D eigenvalue weighted by atomic mass is 9.41. The number of fused-ring (bicyclic) bond motifs is 5. The minimum Gasteiger partial charge on any atom is -0.461 e. The number of carbonyl (C=O) groups is 3. The fraction of sp³-hybridized carbons (Fsp3) is 0.792. The average molecular weight is 419 g/mol. The molecule has 0 aromatic rings. The zero-order chi connectivity index (χ0) is 22.1. The van der Waals surface area contributed by atoms with Gasteiger partial charge in [-0.3, -0.25) is 14.4 Å². The van der Waals surface area contributed by atoms with Crippen LogP contribution >= 0.6 is 0 Å². The van der Waals surface area contributed by atoms with Gasteiger partial charge in [0.1, 0.15) is 12.5 Å². The summed E-state index contributed by atoms with van der Waals surface area (Å²) < 4.78 is 17.0. The third-order valence-electron chi connectivity index (χ3n) is 8.64. The first-order chi connectivity index (χ1) is 13.9. The predicted octanol–water partition coefficient (Wildman–Crippen LogP) is 3.97. The minimum absolute atomic E-state index is 0.0843. The zero-order valence-electron chi connectivity index (χ0n) is 19.0. The quantitative estimate of drug-likeness (QED) is 0.384. The summed E-state index contributed by atoms with van der Waals surface area (Å²) >= 11 is 0. The van der Waals surface area contributed by atoms with Gasteiger partial charge in [-0.25, -0.2) is 0 Å². The van der Waals surface area contributed by atoms with E-state index in [2.05, 4.69) is 27.7 Å². The Kier molecular flexibility index (Phi) is 4.68. The van der Waals surface area contributed by atoms with Crippen molar-refractivity contribution in [2.24, 2.45) is 28.1 Å². The van der Waals surface area contributed by atoms with Gasteiger partial charge in [-0.2, -0.15) is 0 Å². The van der Waals surface area contributed by atoms with Crippen LogP contribution in [0.25, 0.3) is 0 Å². The molecule has 1 aliphatic heterocycles. The lowest BCUT2D eigenvalue weighted by Crippen LogP contribution is -2.64. The molecule has 1 heterocycles. The van der Waals surface area contributed by atoms with Gasteiger partial charge in [0.05, 0.1) is 0 Å². The van der Waals surface area contributed by atoms with Gasteiger partial charge in [0.15, 0.2) is 6.10 Å². The maximum Gasteiger partial charge on any atom is 0.314 e. The van der Waals surface area contributed by atoms with Crippen molar-refractivity contribution in [1.82, 2.24) is 0 Å². The number of hydrogen-bond donors (Lipinski definition) is 0. The van der Waals surface area contributed by atoms with Crippen molar-refractivity contribution in [3.63, 3.8) is 0 Å². The number of hydrogen-bond acceptors (Lipinski definition) is 6. The summed E-state index contributed by atoms with van der Waals surface area (Å²) in [6.07, 6.45) is 6.35. The predicted molar refractivity (Wildman–Crippen MR) is 109 cm³/mol. The van der Waals surface area contributed by atoms with Crippen LogP contribution in [-0.4, -0.2) is 36.2 Å². The van der Waals surface area contributed by atoms with Crippen LogP contribution in [-0.2, 0) is 28.6 Å². The number of esters is 3. The lowest BCUT2D eigenvalue weighted by molar-refractivity contribution is -0.197. The van der Waals surface area contributed by atoms with Gasteiger partial charge in [-0.1, -0.05) is 39.7 Å². The summed E-state index contributed by atoms with van der Waals surface area (Å²) in [6, 6.07) is 0. The first-order valence-corrected chi connectivity index (χ1v) is 11.1. The van der Waals surface area contributed by atoms with E-state index in [0.717, 1.165) is 25.7 Å². The molecule has 0 spiro atoms. The van der Waals surface area contributed by atoms with Crippen molar-refractivity contribution in [2.75, 3.05) is 6.61 Å². The fourth-order valence-electron chi connectivity index (χ4n) is 7.68. The van der Waals surface area contributed by atoms with Crippen molar-refractivity contribution in [3.8, 4) is 0 Å². The van der Waals surface area contributed by atoms with Gasteiger partial charge in [-0.15, -0.1) is 0 Å². The van der Waals surface area contributed by atoms with Gasteiger partial charge in [-0.05, 0) is 48.5 Å². The van der Waals surface area contributed by atoms with E-state index in [1.807, 2.05) is 6.08 Å². The van der Waals surface area contributed by atoms with Crippen LogP contribution < -0.4 is 0 Å². The van der Waals surface area contributed by atoms with E-state index in [1.165, 1.54) is 25.8 Å². The third kappa shape index (κ3) is 2.78. The maximum atomic E-state index is 13.1. The number of cyclic esters (lactones) is 1. The van der Waals surface area contributed by atoms with Crippen molar-refractivity contribution in [1.29, 1.82) is 0 Å². The van der Waals surface area contributed by atoms with Crippen LogP contribution in [0.3, 0.4) is 0 Å². The van der Waals surface area contributed by atoms with E-state index in [9.17, 15) is 14.4 Å². The molecular formula is C24H34O6. The molecule has 4 aliphatic rings. The van der Waals surface area contributed by atoms with Crippen LogP contribution in [0.4, 0.5) is 0 Å². The molecule has 0 radical (unpaired) electrons. The van der Waals surface area contributed by atoms with Gasteiger partial charge < -0.3 is 14.2 Å². The Morgan fingerprint density at radius 3 is 2.37 bits per heavy atom. The Labute approximate surface area is 178 Å². The Balaban J connectivity index is 1.92. The van der Waals surface area contributed by atoms with Crippen LogP contribution in [0.15, 0.2) is 11.6 Å². The van der Waals surface area contributed by atoms with Crippen molar-refractivity contribution in [2.45, 2.75) is 85.4 Å². The second-order valence-electron chi connectivity index (χ2n) is 11.0. The molecule has 3 fully saturated rings. The zero-order valence-corrected chi connectivity index (χ0v) is 19.0. The summed E-state index contributed by atoms with van der Waals surface area (Å²) in [4.78, 5) is 37.2. The molecule has 6 heteroatoms. The highest BCUT2D eigenvalue weighted by atomic mass is 16.6. The van der Waals surface area contributed by atoms with E-state index in [-0.39, 0.29) is 23.4 Å². The summed E-state index contributed by atoms with van der Waals surface area (Å²) in [5.41, 5.74) is -0.527. The summed E-state index contributed by atoms with van der Waals surface area (Å²) in [6.45, 7) is 11.7. The van der Waals surface area contributed by atoms with Crippen LogP contribution in [0.1, 0.15) is 73.6 Å². The fourth-order valence-corrected chi connectivity index (χ4v) is 7.68. The summed E-state index contributed by atoms with van der Waals surface area (Å²) in [5.74, 6) is -1.53. The van der Waals surface area contributed by atoms with Gasteiger partial charge in [0, 0.05) is 19.3 Å². The van der Waals surface area contributed by atoms with Crippen LogP contribution in [0.2, 0.25) is 0 Å². The Morgan fingerprint density at radius 2 is 1.73 bits per heavy atom. The molecule has 4 rings (SSSR count). The highest BCUT2D eigenvalue weighted by Crippen LogP contribution is 2.69. The molecular weight excluding hydrogens is 384 g/mol. The number of allylic oxidation sites excluding steroid dienone is 1. The molecule has 0 amide bonds. The molecule has 6 nitrogen and oxygen atoms in total. The van der Waals surface area contributed by atoms with Crippen LogP contribution in [0.5, 0.6) is 0 Å². The van der Waals surface area contributed by atoms with E-state index < -0.39 is 35.0 Å². The van der Waals surface area contributed by atoms with E-state index in [0.29, 0.717) is 5.92 Å². The highest BCUT2D eigenvalue weighted by Gasteiger charge is 2.71. The topological polar surface area (TPSA) is 78.9 Å². The molecule has 166 valence electrons. The number of carbonyl (C=O) groups excluding carboxylic acids is 3. The molecule has 0 N–H and O–H groups in total. The molecule has 2 saturated carbocycles. The standard InChI is InChI=1S/C24H34O6/c1-14(25)29-18-12-17-22(5)10-7-9-21(3,4)16(22)8-11-23(17,6)19-20(27)28-13-24(18,19)30-15(2)26/h12,16,18-19H,7-11,13H2,1-6H3/t16?,18-,19+,22+,23-,24+/m1/s1. The van der Waals surface area contributed by atoms with Crippen molar-refractivity contribution >= 4 is 17.9 Å². The average Bonchev–Trinajstić information content (AvgIpc) is 2.93. The molecule has 1 unspecified atom stereocenters. The minimum atomic E-state index is -1.31. The van der Waals surface area contributed by atoms with Gasteiger partial charge in [0.2, 0.25) is 5.60 Å². The first-order valence-electron chi connectivity index (χ1n) is 11.1. The smallest absolute Gasteiger partial charge is 0.314 e. The monoisotopic (exact) mass is 418 g/mol.